The number of benzene rings is 1. The van der Waals surface area contributed by atoms with Gasteiger partial charge in [0, 0.05) is 19.6 Å². The molecule has 1 aromatic carbocycles. The zero-order chi connectivity index (χ0) is 15.2. The normalized spacial score (nSPS) is 26.2. The number of morpholine rings is 1. The van der Waals surface area contributed by atoms with E-state index >= 15 is 0 Å². The first-order valence-electron chi connectivity index (χ1n) is 7.37. The van der Waals surface area contributed by atoms with E-state index < -0.39 is 10.0 Å². The molecule has 2 heterocycles. The third-order valence-electron chi connectivity index (χ3n) is 4.48. The van der Waals surface area contributed by atoms with Crippen molar-refractivity contribution < 1.29 is 13.2 Å². The van der Waals surface area contributed by atoms with Crippen LogP contribution in [0.1, 0.15) is 29.5 Å². The minimum absolute atomic E-state index is 0.0539. The summed E-state index contributed by atoms with van der Waals surface area (Å²) < 4.78 is 33.2. The number of nitrogens with zero attached hydrogens (tertiary/aromatic N) is 1. The van der Waals surface area contributed by atoms with Crippen molar-refractivity contribution in [1.29, 1.82) is 0 Å². The minimum Gasteiger partial charge on any atom is -0.372 e. The number of aryl methyl sites for hydroxylation is 2. The molecule has 21 heavy (non-hydrogen) atoms. The lowest BCUT2D eigenvalue weighted by Gasteiger charge is -2.31. The van der Waals surface area contributed by atoms with Crippen molar-refractivity contribution in [3.8, 4) is 0 Å². The maximum Gasteiger partial charge on any atom is 0.243 e. The van der Waals surface area contributed by atoms with Gasteiger partial charge in [0.15, 0.2) is 0 Å². The average Bonchev–Trinajstić information content (AvgIpc) is 2.77. The van der Waals surface area contributed by atoms with Gasteiger partial charge < -0.3 is 10.5 Å². The molecule has 0 aromatic heterocycles. The standard InChI is InChI=1S/C15H22N2O3S/c1-10-5-11(2)15(6-12(10)7-16)21(18,19)17-8-13-3-4-14(9-17)20-13/h5-6,13-14H,3-4,7-9,16H2,1-2H3. The molecule has 0 amide bonds. The lowest BCUT2D eigenvalue weighted by Crippen LogP contribution is -2.45. The molecule has 2 atom stereocenters. The maximum atomic E-state index is 12.9. The van der Waals surface area contributed by atoms with E-state index in [0.29, 0.717) is 24.5 Å². The Morgan fingerprint density at radius 2 is 1.81 bits per heavy atom. The first-order valence-corrected chi connectivity index (χ1v) is 8.81. The summed E-state index contributed by atoms with van der Waals surface area (Å²) in [5.74, 6) is 0. The number of hydrogen-bond acceptors (Lipinski definition) is 4. The van der Waals surface area contributed by atoms with Crippen LogP contribution in [0.25, 0.3) is 0 Å². The predicted octanol–water partition coefficient (Wildman–Crippen LogP) is 1.31. The van der Waals surface area contributed by atoms with Gasteiger partial charge in [-0.3, -0.25) is 0 Å². The molecule has 0 radical (unpaired) electrons. The molecule has 0 aliphatic carbocycles. The number of sulfonamides is 1. The van der Waals surface area contributed by atoms with Gasteiger partial charge >= 0.3 is 0 Å². The van der Waals surface area contributed by atoms with Gasteiger partial charge in [-0.05, 0) is 49.4 Å². The molecule has 2 bridgehead atoms. The van der Waals surface area contributed by atoms with Gasteiger partial charge in [-0.25, -0.2) is 8.42 Å². The van der Waals surface area contributed by atoms with Crippen LogP contribution in [0.3, 0.4) is 0 Å². The number of rotatable bonds is 3. The third-order valence-corrected chi connectivity index (χ3v) is 6.45. The zero-order valence-corrected chi connectivity index (χ0v) is 13.3. The van der Waals surface area contributed by atoms with E-state index in [1.807, 2.05) is 19.9 Å². The molecule has 2 aliphatic heterocycles. The quantitative estimate of drug-likeness (QED) is 0.914. The summed E-state index contributed by atoms with van der Waals surface area (Å²) in [6, 6.07) is 3.64. The summed E-state index contributed by atoms with van der Waals surface area (Å²) in [6.45, 7) is 5.08. The second-order valence-corrected chi connectivity index (χ2v) is 7.93. The molecular formula is C15H22N2O3S. The van der Waals surface area contributed by atoms with Crippen molar-refractivity contribution in [2.24, 2.45) is 5.73 Å². The summed E-state index contributed by atoms with van der Waals surface area (Å²) >= 11 is 0. The largest absolute Gasteiger partial charge is 0.372 e. The van der Waals surface area contributed by atoms with Crippen molar-refractivity contribution in [2.75, 3.05) is 13.1 Å². The minimum atomic E-state index is -3.47. The Labute approximate surface area is 126 Å². The molecule has 5 nitrogen and oxygen atoms in total. The van der Waals surface area contributed by atoms with Gasteiger partial charge in [0.2, 0.25) is 10.0 Å². The van der Waals surface area contributed by atoms with Crippen LogP contribution in [-0.2, 0) is 21.3 Å². The summed E-state index contributed by atoms with van der Waals surface area (Å²) in [5, 5.41) is 0. The fourth-order valence-electron chi connectivity index (χ4n) is 3.29. The molecule has 0 saturated carbocycles. The van der Waals surface area contributed by atoms with Gasteiger partial charge in [-0.15, -0.1) is 0 Å². The highest BCUT2D eigenvalue weighted by atomic mass is 32.2. The molecule has 1 aromatic rings. The van der Waals surface area contributed by atoms with E-state index in [1.165, 1.54) is 0 Å². The van der Waals surface area contributed by atoms with Crippen molar-refractivity contribution in [2.45, 2.75) is 50.3 Å². The Bertz CT molecular complexity index is 645. The smallest absolute Gasteiger partial charge is 0.243 e. The third kappa shape index (κ3) is 2.61. The van der Waals surface area contributed by atoms with Gasteiger partial charge in [-0.1, -0.05) is 6.07 Å². The molecular weight excluding hydrogens is 288 g/mol. The summed E-state index contributed by atoms with van der Waals surface area (Å²) in [5.41, 5.74) is 8.42. The number of ether oxygens (including phenoxy) is 1. The number of nitrogens with two attached hydrogens (primary N) is 1. The van der Waals surface area contributed by atoms with Crippen LogP contribution < -0.4 is 5.73 Å². The van der Waals surface area contributed by atoms with Gasteiger partial charge in [0.25, 0.3) is 0 Å². The molecule has 2 fully saturated rings. The summed E-state index contributed by atoms with van der Waals surface area (Å²) in [6.07, 6.45) is 2.02. The Balaban J connectivity index is 1.98. The van der Waals surface area contributed by atoms with E-state index in [2.05, 4.69) is 0 Å². The Kier molecular flexibility index (Phi) is 3.81. The van der Waals surface area contributed by atoms with Crippen molar-refractivity contribution in [1.82, 2.24) is 4.31 Å². The van der Waals surface area contributed by atoms with Crippen LogP contribution in [0.4, 0.5) is 0 Å². The van der Waals surface area contributed by atoms with Crippen LogP contribution in [0, 0.1) is 13.8 Å². The SMILES string of the molecule is Cc1cc(C)c(S(=O)(=O)N2CC3CCC(C2)O3)cc1CN. The lowest BCUT2D eigenvalue weighted by atomic mass is 10.1. The van der Waals surface area contributed by atoms with E-state index in [0.717, 1.165) is 29.5 Å². The van der Waals surface area contributed by atoms with Gasteiger partial charge in [-0.2, -0.15) is 4.31 Å². The average molecular weight is 310 g/mol. The molecule has 2 aliphatic rings. The zero-order valence-electron chi connectivity index (χ0n) is 12.5. The Morgan fingerprint density at radius 3 is 2.38 bits per heavy atom. The molecule has 6 heteroatoms. The van der Waals surface area contributed by atoms with Gasteiger partial charge in [0.1, 0.15) is 0 Å². The molecule has 116 valence electrons. The topological polar surface area (TPSA) is 72.6 Å². The Hall–Kier alpha value is -0.950. The molecule has 2 saturated heterocycles. The van der Waals surface area contributed by atoms with E-state index in [9.17, 15) is 8.42 Å². The van der Waals surface area contributed by atoms with Crippen LogP contribution in [-0.4, -0.2) is 38.0 Å². The fraction of sp³-hybridized carbons (Fsp3) is 0.600. The van der Waals surface area contributed by atoms with Crippen LogP contribution in [0.2, 0.25) is 0 Å². The van der Waals surface area contributed by atoms with Gasteiger partial charge in [0.05, 0.1) is 17.1 Å². The summed E-state index contributed by atoms with van der Waals surface area (Å²) in [7, 11) is -3.47. The maximum absolute atomic E-state index is 12.9. The molecule has 2 N–H and O–H groups in total. The first kappa shape index (κ1) is 15.0. The summed E-state index contributed by atoms with van der Waals surface area (Å²) in [4.78, 5) is 0.384. The molecule has 0 spiro atoms. The van der Waals surface area contributed by atoms with E-state index in [-0.39, 0.29) is 12.2 Å². The second-order valence-electron chi connectivity index (χ2n) is 6.03. The van der Waals surface area contributed by atoms with Crippen molar-refractivity contribution >= 4 is 10.0 Å². The highest BCUT2D eigenvalue weighted by Crippen LogP contribution is 2.31. The second kappa shape index (κ2) is 5.35. The lowest BCUT2D eigenvalue weighted by molar-refractivity contribution is -0.0114. The highest BCUT2D eigenvalue weighted by Gasteiger charge is 2.39. The Morgan fingerprint density at radius 1 is 1.19 bits per heavy atom. The number of fused-ring (bicyclic) bond motifs is 2. The number of hydrogen-bond donors (Lipinski definition) is 1. The molecule has 2 unspecified atom stereocenters. The monoisotopic (exact) mass is 310 g/mol. The van der Waals surface area contributed by atoms with Crippen molar-refractivity contribution in [3.05, 3.63) is 28.8 Å². The predicted molar refractivity (Wildman–Crippen MR) is 80.5 cm³/mol. The highest BCUT2D eigenvalue weighted by molar-refractivity contribution is 7.89. The van der Waals surface area contributed by atoms with Crippen LogP contribution >= 0.6 is 0 Å². The first-order chi connectivity index (χ1) is 9.91. The fourth-order valence-corrected chi connectivity index (χ4v) is 5.05. The van der Waals surface area contributed by atoms with Crippen molar-refractivity contribution in [3.63, 3.8) is 0 Å². The van der Waals surface area contributed by atoms with E-state index in [1.54, 1.807) is 10.4 Å². The molecule has 3 rings (SSSR count). The van der Waals surface area contributed by atoms with E-state index in [4.69, 9.17) is 10.5 Å². The van der Waals surface area contributed by atoms with Crippen LogP contribution in [0.5, 0.6) is 0 Å². The van der Waals surface area contributed by atoms with Crippen LogP contribution in [0.15, 0.2) is 17.0 Å².